The van der Waals surface area contributed by atoms with Crippen molar-refractivity contribution in [2.75, 3.05) is 4.72 Å². The highest BCUT2D eigenvalue weighted by Crippen LogP contribution is 2.26. The van der Waals surface area contributed by atoms with E-state index < -0.39 is 10.0 Å². The topological polar surface area (TPSA) is 97.4 Å². The van der Waals surface area contributed by atoms with Crippen molar-refractivity contribution < 1.29 is 17.9 Å². The van der Waals surface area contributed by atoms with Gasteiger partial charge in [-0.2, -0.15) is 0 Å². The normalized spacial score (nSPS) is 12.1. The molecule has 0 saturated heterocycles. The first-order valence-corrected chi connectivity index (χ1v) is 11.8. The molecule has 3 rings (SSSR count). The Bertz CT molecular complexity index is 1210. The van der Waals surface area contributed by atoms with Gasteiger partial charge < -0.3 is 10.1 Å². The average Bonchev–Trinajstić information content (AvgIpc) is 2.76. The van der Waals surface area contributed by atoms with Gasteiger partial charge in [0.1, 0.15) is 11.3 Å². The summed E-state index contributed by atoms with van der Waals surface area (Å²) in [5, 5.41) is 2.90. The molecule has 0 fully saturated rings. The Morgan fingerprint density at radius 2 is 1.81 bits per heavy atom. The van der Waals surface area contributed by atoms with Gasteiger partial charge in [0, 0.05) is 17.9 Å². The zero-order chi connectivity index (χ0) is 23.3. The molecule has 1 amide bonds. The van der Waals surface area contributed by atoms with Gasteiger partial charge in [0.25, 0.3) is 15.9 Å². The fourth-order valence-corrected chi connectivity index (χ4v) is 4.35. The van der Waals surface area contributed by atoms with Crippen molar-refractivity contribution in [3.8, 4) is 11.6 Å². The number of carbonyl (C=O) groups is 1. The molecule has 0 aliphatic heterocycles. The molecule has 0 spiro atoms. The summed E-state index contributed by atoms with van der Waals surface area (Å²) in [6.07, 6.45) is 2.35. The van der Waals surface area contributed by atoms with Crippen LogP contribution in [-0.4, -0.2) is 25.4 Å². The van der Waals surface area contributed by atoms with Crippen LogP contribution >= 0.6 is 0 Å². The number of carbonyl (C=O) groups excluding carboxylic acids is 1. The highest BCUT2D eigenvalue weighted by atomic mass is 32.2. The molecule has 2 N–H and O–H groups in total. The molecule has 0 bridgehead atoms. The monoisotopic (exact) mass is 453 g/mol. The standard InChI is InChI=1S/C24H27N3O4S/c1-5-18(4)26-23(28)21-7-6-14-25-24(21)31-20-12-10-19(11-13-20)27-32(29,30)22-15-16(2)8-9-17(22)3/h6-15,18,27H,5H2,1-4H3,(H,26,28). The number of hydrogen-bond acceptors (Lipinski definition) is 5. The largest absolute Gasteiger partial charge is 0.438 e. The Balaban J connectivity index is 1.76. The molecule has 32 heavy (non-hydrogen) atoms. The SMILES string of the molecule is CCC(C)NC(=O)c1cccnc1Oc1ccc(NS(=O)(=O)c2cc(C)ccc2C)cc1. The molecule has 0 aliphatic carbocycles. The van der Waals surface area contributed by atoms with Crippen LogP contribution in [0.5, 0.6) is 11.6 Å². The maximum atomic E-state index is 12.8. The van der Waals surface area contributed by atoms with Crippen molar-refractivity contribution in [1.82, 2.24) is 10.3 Å². The van der Waals surface area contributed by atoms with Crippen LogP contribution in [0.25, 0.3) is 0 Å². The molecule has 1 atom stereocenters. The number of benzene rings is 2. The number of rotatable bonds is 8. The molecule has 1 aromatic heterocycles. The molecule has 3 aromatic rings. The van der Waals surface area contributed by atoms with Crippen LogP contribution in [-0.2, 0) is 10.0 Å². The Labute approximate surface area is 188 Å². The molecule has 0 aliphatic rings. The third-order valence-electron chi connectivity index (χ3n) is 4.96. The van der Waals surface area contributed by atoms with Crippen LogP contribution in [0.2, 0.25) is 0 Å². The Hall–Kier alpha value is -3.39. The summed E-state index contributed by atoms with van der Waals surface area (Å²) in [6, 6.07) is 15.1. The maximum Gasteiger partial charge on any atom is 0.262 e. The molecular formula is C24H27N3O4S. The van der Waals surface area contributed by atoms with Crippen LogP contribution in [0.15, 0.2) is 65.7 Å². The Morgan fingerprint density at radius 1 is 1.09 bits per heavy atom. The summed E-state index contributed by atoms with van der Waals surface area (Å²) in [5.41, 5.74) is 2.26. The van der Waals surface area contributed by atoms with E-state index in [4.69, 9.17) is 4.74 Å². The van der Waals surface area contributed by atoms with E-state index in [1.165, 1.54) is 0 Å². The van der Waals surface area contributed by atoms with Crippen molar-refractivity contribution in [2.24, 2.45) is 0 Å². The maximum absolute atomic E-state index is 12.8. The number of hydrogen-bond donors (Lipinski definition) is 2. The minimum Gasteiger partial charge on any atom is -0.438 e. The molecule has 2 aromatic carbocycles. The third-order valence-corrected chi connectivity index (χ3v) is 6.48. The quantitative estimate of drug-likeness (QED) is 0.510. The fourth-order valence-electron chi connectivity index (χ4n) is 2.96. The number of nitrogens with zero attached hydrogens (tertiary/aromatic N) is 1. The Kier molecular flexibility index (Phi) is 7.15. The molecule has 168 valence electrons. The zero-order valence-electron chi connectivity index (χ0n) is 18.5. The second-order valence-electron chi connectivity index (χ2n) is 7.64. The highest BCUT2D eigenvalue weighted by molar-refractivity contribution is 7.92. The van der Waals surface area contributed by atoms with E-state index in [9.17, 15) is 13.2 Å². The van der Waals surface area contributed by atoms with E-state index in [0.717, 1.165) is 12.0 Å². The number of amides is 1. The summed E-state index contributed by atoms with van der Waals surface area (Å²) in [5.74, 6) is 0.341. The predicted octanol–water partition coefficient (Wildman–Crippen LogP) is 4.82. The van der Waals surface area contributed by atoms with E-state index >= 15 is 0 Å². The fraction of sp³-hybridized carbons (Fsp3) is 0.250. The molecule has 7 nitrogen and oxygen atoms in total. The lowest BCUT2D eigenvalue weighted by Crippen LogP contribution is -2.32. The van der Waals surface area contributed by atoms with Gasteiger partial charge in [0.2, 0.25) is 5.88 Å². The van der Waals surface area contributed by atoms with E-state index in [2.05, 4.69) is 15.0 Å². The average molecular weight is 454 g/mol. The first kappa shape index (κ1) is 23.3. The van der Waals surface area contributed by atoms with Gasteiger partial charge in [-0.05, 0) is 80.8 Å². The summed E-state index contributed by atoms with van der Waals surface area (Å²) in [7, 11) is -3.73. The molecule has 0 radical (unpaired) electrons. The molecule has 0 saturated carbocycles. The smallest absolute Gasteiger partial charge is 0.262 e. The van der Waals surface area contributed by atoms with Crippen LogP contribution in [0.1, 0.15) is 41.8 Å². The number of pyridine rings is 1. The van der Waals surface area contributed by atoms with Crippen molar-refractivity contribution in [1.29, 1.82) is 0 Å². The van der Waals surface area contributed by atoms with Crippen LogP contribution in [0, 0.1) is 13.8 Å². The first-order valence-electron chi connectivity index (χ1n) is 10.3. The van der Waals surface area contributed by atoms with Crippen LogP contribution in [0.3, 0.4) is 0 Å². The molecule has 1 unspecified atom stereocenters. The number of anilines is 1. The van der Waals surface area contributed by atoms with Crippen molar-refractivity contribution in [2.45, 2.75) is 45.1 Å². The summed E-state index contributed by atoms with van der Waals surface area (Å²) in [4.78, 5) is 16.9. The Morgan fingerprint density at radius 3 is 2.50 bits per heavy atom. The van der Waals surface area contributed by atoms with Gasteiger partial charge in [-0.1, -0.05) is 19.1 Å². The molecule has 1 heterocycles. The van der Waals surface area contributed by atoms with Gasteiger partial charge in [0.05, 0.1) is 4.90 Å². The third kappa shape index (κ3) is 5.64. The number of nitrogens with one attached hydrogen (secondary N) is 2. The number of ether oxygens (including phenoxy) is 1. The first-order chi connectivity index (χ1) is 15.2. The second-order valence-corrected chi connectivity index (χ2v) is 9.29. The van der Waals surface area contributed by atoms with Crippen LogP contribution in [0.4, 0.5) is 5.69 Å². The molecule has 8 heteroatoms. The van der Waals surface area contributed by atoms with Gasteiger partial charge in [0.15, 0.2) is 0 Å². The lowest BCUT2D eigenvalue weighted by atomic mass is 10.2. The number of aromatic nitrogens is 1. The van der Waals surface area contributed by atoms with E-state index in [0.29, 0.717) is 22.6 Å². The number of aryl methyl sites for hydroxylation is 2. The van der Waals surface area contributed by atoms with E-state index in [-0.39, 0.29) is 22.7 Å². The molecular weight excluding hydrogens is 426 g/mol. The summed E-state index contributed by atoms with van der Waals surface area (Å²) < 4.78 is 34.0. The lowest BCUT2D eigenvalue weighted by molar-refractivity contribution is 0.0936. The van der Waals surface area contributed by atoms with Gasteiger partial charge in [-0.3, -0.25) is 9.52 Å². The van der Waals surface area contributed by atoms with E-state index in [1.54, 1.807) is 61.7 Å². The van der Waals surface area contributed by atoms with Gasteiger partial charge in [-0.15, -0.1) is 0 Å². The zero-order valence-corrected chi connectivity index (χ0v) is 19.4. The summed E-state index contributed by atoms with van der Waals surface area (Å²) in [6.45, 7) is 7.51. The lowest BCUT2D eigenvalue weighted by Gasteiger charge is -2.14. The van der Waals surface area contributed by atoms with Crippen molar-refractivity contribution in [3.05, 3.63) is 77.5 Å². The minimum atomic E-state index is -3.73. The van der Waals surface area contributed by atoms with Crippen molar-refractivity contribution >= 4 is 21.6 Å². The number of sulfonamides is 1. The second kappa shape index (κ2) is 9.82. The summed E-state index contributed by atoms with van der Waals surface area (Å²) >= 11 is 0. The van der Waals surface area contributed by atoms with Crippen LogP contribution < -0.4 is 14.8 Å². The predicted molar refractivity (Wildman–Crippen MR) is 125 cm³/mol. The van der Waals surface area contributed by atoms with E-state index in [1.807, 2.05) is 26.8 Å². The highest BCUT2D eigenvalue weighted by Gasteiger charge is 2.18. The van der Waals surface area contributed by atoms with Crippen molar-refractivity contribution in [3.63, 3.8) is 0 Å². The van der Waals surface area contributed by atoms with Gasteiger partial charge in [-0.25, -0.2) is 13.4 Å². The van der Waals surface area contributed by atoms with Gasteiger partial charge >= 0.3 is 0 Å². The minimum absolute atomic E-state index is 0.0277.